The number of ether oxygens (including phenoxy) is 3. The summed E-state index contributed by atoms with van der Waals surface area (Å²) in [6, 6.07) is 6.35. The fourth-order valence-electron chi connectivity index (χ4n) is 2.44. The van der Waals surface area contributed by atoms with Crippen LogP contribution in [0.4, 0.5) is 0 Å². The first-order valence-corrected chi connectivity index (χ1v) is 9.43. The molecule has 0 fully saturated rings. The van der Waals surface area contributed by atoms with E-state index in [1.54, 1.807) is 14.2 Å². The molecule has 0 aliphatic carbocycles. The van der Waals surface area contributed by atoms with Crippen LogP contribution < -0.4 is 15.4 Å². The van der Waals surface area contributed by atoms with Gasteiger partial charge in [0.2, 0.25) is 0 Å². The van der Waals surface area contributed by atoms with Gasteiger partial charge in [0.25, 0.3) is 0 Å². The Labute approximate surface area is 181 Å². The molecule has 0 saturated carbocycles. The number of hydrogen-bond donors (Lipinski definition) is 2. The van der Waals surface area contributed by atoms with Crippen LogP contribution in [0.15, 0.2) is 23.2 Å². The summed E-state index contributed by atoms with van der Waals surface area (Å²) < 4.78 is 15.8. The Kier molecular flexibility index (Phi) is 16.4. The molecule has 6 nitrogen and oxygen atoms in total. The molecule has 0 atom stereocenters. The van der Waals surface area contributed by atoms with E-state index < -0.39 is 0 Å². The van der Waals surface area contributed by atoms with Gasteiger partial charge in [0.05, 0.1) is 20.3 Å². The summed E-state index contributed by atoms with van der Waals surface area (Å²) in [6.45, 7) is 8.68. The zero-order valence-corrected chi connectivity index (χ0v) is 19.5. The van der Waals surface area contributed by atoms with E-state index in [2.05, 4.69) is 47.7 Å². The van der Waals surface area contributed by atoms with Crippen LogP contribution in [-0.4, -0.2) is 59.6 Å². The average Bonchev–Trinajstić information content (AvgIpc) is 2.65. The van der Waals surface area contributed by atoms with Gasteiger partial charge in [-0.2, -0.15) is 0 Å². The molecule has 156 valence electrons. The lowest BCUT2D eigenvalue weighted by atomic mass is 10.1. The minimum Gasteiger partial charge on any atom is -0.496 e. The normalized spacial score (nSPS) is 11.0. The smallest absolute Gasteiger partial charge is 0.191 e. The first-order chi connectivity index (χ1) is 12.7. The highest BCUT2D eigenvalue weighted by molar-refractivity contribution is 14.0. The Bertz CT molecular complexity index is 527. The number of hydrogen-bond acceptors (Lipinski definition) is 4. The third-order valence-corrected chi connectivity index (χ3v) is 3.92. The van der Waals surface area contributed by atoms with Crippen molar-refractivity contribution in [2.24, 2.45) is 4.99 Å². The number of methoxy groups -OCH3 is 2. The number of guanidine groups is 1. The minimum absolute atomic E-state index is 0. The number of rotatable bonds is 13. The number of nitrogens with zero attached hydrogens (tertiary/aromatic N) is 1. The highest BCUT2D eigenvalue weighted by atomic mass is 127. The lowest BCUT2D eigenvalue weighted by molar-refractivity contribution is 0.0690. The monoisotopic (exact) mass is 493 g/mol. The molecule has 0 unspecified atom stereocenters. The third kappa shape index (κ3) is 12.1. The zero-order chi connectivity index (χ0) is 19.0. The van der Waals surface area contributed by atoms with E-state index in [1.807, 2.05) is 0 Å². The van der Waals surface area contributed by atoms with Crippen molar-refractivity contribution in [3.63, 3.8) is 0 Å². The molecule has 0 aliphatic rings. The second kappa shape index (κ2) is 17.1. The number of halogens is 1. The highest BCUT2D eigenvalue weighted by Crippen LogP contribution is 2.18. The molecular weight excluding hydrogens is 457 g/mol. The van der Waals surface area contributed by atoms with Crippen LogP contribution in [0.5, 0.6) is 5.75 Å². The van der Waals surface area contributed by atoms with E-state index in [4.69, 9.17) is 14.2 Å². The van der Waals surface area contributed by atoms with Gasteiger partial charge in [-0.1, -0.05) is 12.1 Å². The van der Waals surface area contributed by atoms with Crippen LogP contribution in [-0.2, 0) is 15.9 Å². The molecule has 0 radical (unpaired) electrons. The summed E-state index contributed by atoms with van der Waals surface area (Å²) in [5.41, 5.74) is 2.41. The van der Waals surface area contributed by atoms with Gasteiger partial charge in [-0.25, -0.2) is 0 Å². The van der Waals surface area contributed by atoms with E-state index in [1.165, 1.54) is 5.56 Å². The van der Waals surface area contributed by atoms with Gasteiger partial charge in [-0.05, 0) is 50.3 Å². The maximum absolute atomic E-state index is 5.45. The van der Waals surface area contributed by atoms with Crippen LogP contribution in [0.3, 0.4) is 0 Å². The molecular formula is C20H36IN3O3. The Balaban J connectivity index is 0.00000676. The summed E-state index contributed by atoms with van der Waals surface area (Å²) >= 11 is 0. The number of benzene rings is 1. The van der Waals surface area contributed by atoms with Gasteiger partial charge < -0.3 is 24.8 Å². The van der Waals surface area contributed by atoms with Gasteiger partial charge in [0.1, 0.15) is 5.75 Å². The van der Waals surface area contributed by atoms with Crippen molar-refractivity contribution in [1.29, 1.82) is 0 Å². The molecule has 0 saturated heterocycles. The molecule has 27 heavy (non-hydrogen) atoms. The quantitative estimate of drug-likeness (QED) is 0.191. The van der Waals surface area contributed by atoms with E-state index in [0.29, 0.717) is 13.2 Å². The van der Waals surface area contributed by atoms with Gasteiger partial charge in [0.15, 0.2) is 5.96 Å². The molecule has 7 heteroatoms. The van der Waals surface area contributed by atoms with Gasteiger partial charge in [-0.3, -0.25) is 4.99 Å². The minimum atomic E-state index is 0. The third-order valence-electron chi connectivity index (χ3n) is 3.92. The van der Waals surface area contributed by atoms with E-state index >= 15 is 0 Å². The molecule has 0 aliphatic heterocycles. The fourth-order valence-corrected chi connectivity index (χ4v) is 2.44. The van der Waals surface area contributed by atoms with Crippen LogP contribution in [0.1, 0.15) is 30.9 Å². The van der Waals surface area contributed by atoms with Crippen LogP contribution >= 0.6 is 24.0 Å². The molecule has 1 aromatic rings. The second-order valence-corrected chi connectivity index (χ2v) is 6.05. The molecule has 0 aromatic heterocycles. The van der Waals surface area contributed by atoms with Gasteiger partial charge in [-0.15, -0.1) is 24.0 Å². The van der Waals surface area contributed by atoms with Crippen molar-refractivity contribution in [2.45, 2.75) is 33.1 Å². The lowest BCUT2D eigenvalue weighted by Crippen LogP contribution is -2.38. The summed E-state index contributed by atoms with van der Waals surface area (Å²) in [5, 5.41) is 6.68. The second-order valence-electron chi connectivity index (χ2n) is 6.05. The van der Waals surface area contributed by atoms with Crippen molar-refractivity contribution in [3.8, 4) is 5.75 Å². The van der Waals surface area contributed by atoms with Crippen molar-refractivity contribution in [3.05, 3.63) is 29.3 Å². The number of aliphatic imine (C=N–C) groups is 1. The number of aryl methyl sites for hydroxylation is 1. The van der Waals surface area contributed by atoms with Crippen molar-refractivity contribution < 1.29 is 14.2 Å². The average molecular weight is 493 g/mol. The fraction of sp³-hybridized carbons (Fsp3) is 0.650. The van der Waals surface area contributed by atoms with E-state index in [9.17, 15) is 0 Å². The van der Waals surface area contributed by atoms with Crippen molar-refractivity contribution in [1.82, 2.24) is 10.6 Å². The Morgan fingerprint density at radius 2 is 1.89 bits per heavy atom. The number of nitrogens with one attached hydrogen (secondary N) is 2. The molecule has 1 rings (SSSR count). The zero-order valence-electron chi connectivity index (χ0n) is 17.2. The lowest BCUT2D eigenvalue weighted by Gasteiger charge is -2.12. The Morgan fingerprint density at radius 3 is 2.59 bits per heavy atom. The van der Waals surface area contributed by atoms with Crippen LogP contribution in [0, 0.1) is 6.92 Å². The first kappa shape index (κ1) is 25.9. The number of unbranched alkanes of at least 4 members (excludes halogenated alkanes) is 1. The Hall–Kier alpha value is -1.06. The Morgan fingerprint density at radius 1 is 1.07 bits per heavy atom. The molecule has 0 heterocycles. The van der Waals surface area contributed by atoms with Crippen LogP contribution in [0.25, 0.3) is 0 Å². The maximum atomic E-state index is 5.45. The first-order valence-electron chi connectivity index (χ1n) is 9.43. The topological polar surface area (TPSA) is 64.1 Å². The standard InChI is InChI=1S/C20H35N3O3.HI/c1-5-21-20(22-11-6-7-13-26-15-14-24-3)23-12-10-18-9-8-17(2)19(16-18)25-4;/h8-9,16H,5-7,10-15H2,1-4H3,(H2,21,22,23);1H. The molecule has 1 aromatic carbocycles. The van der Waals surface area contributed by atoms with Gasteiger partial charge in [0, 0.05) is 33.4 Å². The summed E-state index contributed by atoms with van der Waals surface area (Å²) in [7, 11) is 3.39. The summed E-state index contributed by atoms with van der Waals surface area (Å²) in [5.74, 6) is 1.81. The van der Waals surface area contributed by atoms with Gasteiger partial charge >= 0.3 is 0 Å². The maximum Gasteiger partial charge on any atom is 0.191 e. The van der Waals surface area contributed by atoms with Crippen molar-refractivity contribution >= 4 is 29.9 Å². The van der Waals surface area contributed by atoms with Crippen LogP contribution in [0.2, 0.25) is 0 Å². The van der Waals surface area contributed by atoms with E-state index in [-0.39, 0.29) is 24.0 Å². The predicted octanol–water partition coefficient (Wildman–Crippen LogP) is 3.16. The summed E-state index contributed by atoms with van der Waals surface area (Å²) in [6.07, 6.45) is 2.95. The molecule has 0 bridgehead atoms. The van der Waals surface area contributed by atoms with Crippen molar-refractivity contribution in [2.75, 3.05) is 53.7 Å². The summed E-state index contributed by atoms with van der Waals surface area (Å²) in [4.78, 5) is 4.62. The highest BCUT2D eigenvalue weighted by Gasteiger charge is 2.02. The molecule has 0 amide bonds. The molecule has 2 N–H and O–H groups in total. The SMILES string of the molecule is CCNC(=NCCCCOCCOC)NCCc1ccc(C)c(OC)c1.I. The predicted molar refractivity (Wildman–Crippen MR) is 123 cm³/mol. The van der Waals surface area contributed by atoms with E-state index in [0.717, 1.165) is 62.8 Å². The molecule has 0 spiro atoms. The largest absolute Gasteiger partial charge is 0.496 e.